The smallest absolute Gasteiger partial charge is 0.407 e. The first-order chi connectivity index (χ1) is 9.60. The van der Waals surface area contributed by atoms with Gasteiger partial charge in [-0.25, -0.2) is 4.79 Å². The molecule has 8 heteroatoms. The van der Waals surface area contributed by atoms with E-state index in [-0.39, 0.29) is 12.1 Å². The largest absolute Gasteiger partial charge is 0.444 e. The molecule has 21 heavy (non-hydrogen) atoms. The van der Waals surface area contributed by atoms with Crippen LogP contribution in [0, 0.1) is 11.9 Å². The van der Waals surface area contributed by atoms with E-state index in [4.69, 9.17) is 4.74 Å². The van der Waals surface area contributed by atoms with E-state index in [1.165, 1.54) is 0 Å². The number of halogens is 2. The van der Waals surface area contributed by atoms with Crippen LogP contribution in [-0.4, -0.2) is 39.5 Å². The van der Waals surface area contributed by atoms with Gasteiger partial charge in [-0.05, 0) is 32.9 Å². The molecule has 0 aliphatic heterocycles. The Hall–Kier alpha value is -1.80. The molecule has 0 saturated carbocycles. The number of amides is 1. The van der Waals surface area contributed by atoms with Crippen LogP contribution >= 0.6 is 0 Å². The standard InChI is InChI=1S/C13H18F2N2O4/c1-13(2,3)21-12(20)16-6-8(18)10(19)7-4-5-9(14)17-11(7)15/h4-5,8,10,18-19H,6H2,1-3H3,(H,16,20). The molecule has 6 nitrogen and oxygen atoms in total. The number of pyridine rings is 1. The molecule has 0 saturated heterocycles. The summed E-state index contributed by atoms with van der Waals surface area (Å²) in [4.78, 5) is 14.3. The van der Waals surface area contributed by atoms with Crippen LogP contribution in [0.2, 0.25) is 0 Å². The average Bonchev–Trinajstić information content (AvgIpc) is 2.33. The zero-order valence-corrected chi connectivity index (χ0v) is 11.9. The lowest BCUT2D eigenvalue weighted by molar-refractivity contribution is 0.0108. The zero-order valence-electron chi connectivity index (χ0n) is 11.9. The number of hydrogen-bond acceptors (Lipinski definition) is 5. The van der Waals surface area contributed by atoms with Crippen molar-refractivity contribution in [3.05, 3.63) is 29.6 Å². The van der Waals surface area contributed by atoms with Crippen molar-refractivity contribution in [2.24, 2.45) is 0 Å². The third-order valence-corrected chi connectivity index (χ3v) is 2.38. The molecule has 0 radical (unpaired) electrons. The summed E-state index contributed by atoms with van der Waals surface area (Å²) in [6.07, 6.45) is -3.95. The number of carbonyl (C=O) groups excluding carboxylic acids is 1. The molecule has 0 aliphatic rings. The van der Waals surface area contributed by atoms with Gasteiger partial charge >= 0.3 is 6.09 Å². The van der Waals surface area contributed by atoms with Gasteiger partial charge in [0.2, 0.25) is 11.9 Å². The Bertz CT molecular complexity index is 505. The van der Waals surface area contributed by atoms with Gasteiger partial charge in [0, 0.05) is 12.1 Å². The van der Waals surface area contributed by atoms with Gasteiger partial charge in [-0.15, -0.1) is 0 Å². The number of nitrogens with zero attached hydrogens (tertiary/aromatic N) is 1. The third kappa shape index (κ3) is 5.60. The van der Waals surface area contributed by atoms with E-state index in [2.05, 4.69) is 10.3 Å². The molecular weight excluding hydrogens is 286 g/mol. The van der Waals surface area contributed by atoms with Gasteiger partial charge in [0.05, 0.1) is 0 Å². The minimum absolute atomic E-state index is 0.366. The number of hydrogen-bond donors (Lipinski definition) is 3. The lowest BCUT2D eigenvalue weighted by Gasteiger charge is -2.22. The summed E-state index contributed by atoms with van der Waals surface area (Å²) in [5, 5.41) is 21.7. The van der Waals surface area contributed by atoms with Gasteiger partial charge in [0.1, 0.15) is 17.8 Å². The summed E-state index contributed by atoms with van der Waals surface area (Å²) in [7, 11) is 0. The fourth-order valence-electron chi connectivity index (χ4n) is 1.46. The molecule has 1 aromatic rings. The number of nitrogens with one attached hydrogen (secondary N) is 1. The number of rotatable bonds is 4. The fraction of sp³-hybridized carbons (Fsp3) is 0.538. The highest BCUT2D eigenvalue weighted by Crippen LogP contribution is 2.19. The topological polar surface area (TPSA) is 91.7 Å². The minimum atomic E-state index is -1.66. The van der Waals surface area contributed by atoms with Crippen LogP contribution in [-0.2, 0) is 4.74 Å². The molecule has 0 fully saturated rings. The Morgan fingerprint density at radius 2 is 2.00 bits per heavy atom. The van der Waals surface area contributed by atoms with Crippen molar-refractivity contribution in [2.45, 2.75) is 38.6 Å². The summed E-state index contributed by atoms with van der Waals surface area (Å²) in [6.45, 7) is 4.62. The Morgan fingerprint density at radius 1 is 1.38 bits per heavy atom. The summed E-state index contributed by atoms with van der Waals surface area (Å²) in [6, 6.07) is 1.83. The van der Waals surface area contributed by atoms with Crippen LogP contribution in [0.3, 0.4) is 0 Å². The summed E-state index contributed by atoms with van der Waals surface area (Å²) >= 11 is 0. The van der Waals surface area contributed by atoms with Crippen LogP contribution in [0.25, 0.3) is 0 Å². The minimum Gasteiger partial charge on any atom is -0.444 e. The van der Waals surface area contributed by atoms with Crippen molar-refractivity contribution in [3.63, 3.8) is 0 Å². The van der Waals surface area contributed by atoms with E-state index in [1.807, 2.05) is 0 Å². The van der Waals surface area contributed by atoms with Crippen molar-refractivity contribution in [3.8, 4) is 0 Å². The summed E-state index contributed by atoms with van der Waals surface area (Å²) in [5.74, 6) is -2.26. The maximum absolute atomic E-state index is 13.3. The molecule has 2 atom stereocenters. The number of carbonyl (C=O) groups is 1. The first-order valence-electron chi connectivity index (χ1n) is 6.25. The Kier molecular flexibility index (Phi) is 5.56. The van der Waals surface area contributed by atoms with Gasteiger partial charge in [-0.3, -0.25) is 0 Å². The summed E-state index contributed by atoms with van der Waals surface area (Å²) < 4.78 is 30.9. The van der Waals surface area contributed by atoms with Crippen molar-refractivity contribution >= 4 is 6.09 Å². The first-order valence-corrected chi connectivity index (χ1v) is 6.25. The van der Waals surface area contributed by atoms with E-state index in [0.717, 1.165) is 12.1 Å². The molecule has 118 valence electrons. The van der Waals surface area contributed by atoms with E-state index < -0.39 is 35.8 Å². The SMILES string of the molecule is CC(C)(C)OC(=O)NCC(O)C(O)c1ccc(F)nc1F. The predicted octanol–water partition coefficient (Wildman–Crippen LogP) is 1.28. The van der Waals surface area contributed by atoms with Gasteiger partial charge in [-0.2, -0.15) is 13.8 Å². The quantitative estimate of drug-likeness (QED) is 0.729. The maximum atomic E-state index is 13.3. The second kappa shape index (κ2) is 6.77. The van der Waals surface area contributed by atoms with Crippen LogP contribution in [0.5, 0.6) is 0 Å². The van der Waals surface area contributed by atoms with E-state index in [1.54, 1.807) is 20.8 Å². The van der Waals surface area contributed by atoms with Gasteiger partial charge in [0.25, 0.3) is 0 Å². The van der Waals surface area contributed by atoms with Crippen molar-refractivity contribution in [1.82, 2.24) is 10.3 Å². The van der Waals surface area contributed by atoms with Crippen molar-refractivity contribution in [1.29, 1.82) is 0 Å². The number of aromatic nitrogens is 1. The highest BCUT2D eigenvalue weighted by Gasteiger charge is 2.24. The zero-order chi connectivity index (χ0) is 16.2. The molecule has 1 aromatic heterocycles. The number of alkyl carbamates (subject to hydrolysis) is 1. The van der Waals surface area contributed by atoms with Crippen molar-refractivity contribution in [2.75, 3.05) is 6.54 Å². The second-order valence-electron chi connectivity index (χ2n) is 5.41. The maximum Gasteiger partial charge on any atom is 0.407 e. The fourth-order valence-corrected chi connectivity index (χ4v) is 1.46. The number of aliphatic hydroxyl groups excluding tert-OH is 2. The molecule has 0 aromatic carbocycles. The van der Waals surface area contributed by atoms with Gasteiger partial charge in [0.15, 0.2) is 0 Å². The average molecular weight is 304 g/mol. The summed E-state index contributed by atoms with van der Waals surface area (Å²) in [5.41, 5.74) is -1.07. The van der Waals surface area contributed by atoms with Crippen LogP contribution < -0.4 is 5.32 Å². The molecule has 1 rings (SSSR count). The number of ether oxygens (including phenoxy) is 1. The predicted molar refractivity (Wildman–Crippen MR) is 69.4 cm³/mol. The second-order valence-corrected chi connectivity index (χ2v) is 5.41. The highest BCUT2D eigenvalue weighted by atomic mass is 19.1. The molecular formula is C13H18F2N2O4. The lowest BCUT2D eigenvalue weighted by Crippen LogP contribution is -2.39. The van der Waals surface area contributed by atoms with Gasteiger partial charge in [-0.1, -0.05) is 0 Å². The first kappa shape index (κ1) is 17.3. The monoisotopic (exact) mass is 304 g/mol. The van der Waals surface area contributed by atoms with E-state index in [9.17, 15) is 23.8 Å². The van der Waals surface area contributed by atoms with Crippen LogP contribution in [0.1, 0.15) is 32.4 Å². The lowest BCUT2D eigenvalue weighted by atomic mass is 10.1. The normalized spacial score (nSPS) is 14.4. The molecule has 2 unspecified atom stereocenters. The Balaban J connectivity index is 2.59. The Labute approximate surface area is 120 Å². The molecule has 0 bridgehead atoms. The van der Waals surface area contributed by atoms with Crippen LogP contribution in [0.15, 0.2) is 12.1 Å². The number of aliphatic hydroxyl groups is 2. The Morgan fingerprint density at radius 3 is 2.52 bits per heavy atom. The molecule has 3 N–H and O–H groups in total. The van der Waals surface area contributed by atoms with E-state index >= 15 is 0 Å². The van der Waals surface area contributed by atoms with Gasteiger partial charge < -0.3 is 20.3 Å². The molecule has 1 heterocycles. The van der Waals surface area contributed by atoms with E-state index in [0.29, 0.717) is 0 Å². The van der Waals surface area contributed by atoms with Crippen LogP contribution in [0.4, 0.5) is 13.6 Å². The molecule has 1 amide bonds. The third-order valence-electron chi connectivity index (χ3n) is 2.38. The van der Waals surface area contributed by atoms with Crippen molar-refractivity contribution < 1.29 is 28.5 Å². The highest BCUT2D eigenvalue weighted by molar-refractivity contribution is 5.67. The molecule has 0 spiro atoms. The molecule has 0 aliphatic carbocycles.